The maximum absolute atomic E-state index is 11.2. The topological polar surface area (TPSA) is 73.3 Å². The van der Waals surface area contributed by atoms with Gasteiger partial charge in [0.2, 0.25) is 5.91 Å². The van der Waals surface area contributed by atoms with E-state index in [2.05, 4.69) is 15.3 Å². The van der Waals surface area contributed by atoms with Crippen LogP contribution in [0.1, 0.15) is 6.92 Å². The van der Waals surface area contributed by atoms with E-state index in [1.54, 1.807) is 26.6 Å². The van der Waals surface area contributed by atoms with Crippen LogP contribution in [0, 0.1) is 0 Å². The number of anilines is 1. The minimum atomic E-state index is -0.102. The largest absolute Gasteiger partial charge is 0.493 e. The van der Waals surface area contributed by atoms with Gasteiger partial charge in [0.1, 0.15) is 0 Å². The molecule has 0 aliphatic heterocycles. The minimum absolute atomic E-state index is 0.102. The SMILES string of the molecule is COc1ccc(-c2cncc(-c3cc(NC(C)=O)cs3)n2)cc1OC. The van der Waals surface area contributed by atoms with Crippen LogP contribution >= 0.6 is 11.3 Å². The maximum atomic E-state index is 11.2. The lowest BCUT2D eigenvalue weighted by Gasteiger charge is -2.09. The summed E-state index contributed by atoms with van der Waals surface area (Å²) in [6, 6.07) is 7.49. The standard InChI is InChI=1S/C18H17N3O3S/c1-11(22)20-13-7-18(25-10-13)15-9-19-8-14(21-15)12-4-5-16(23-2)17(6-12)24-3/h4-10H,1-3H3,(H,20,22). The number of methoxy groups -OCH3 is 2. The van der Waals surface area contributed by atoms with Gasteiger partial charge >= 0.3 is 0 Å². The molecule has 0 atom stereocenters. The Balaban J connectivity index is 1.94. The van der Waals surface area contributed by atoms with Crippen LogP contribution in [0.25, 0.3) is 21.8 Å². The number of thiophene rings is 1. The molecule has 0 aliphatic carbocycles. The van der Waals surface area contributed by atoms with Crippen LogP contribution in [-0.2, 0) is 4.79 Å². The molecule has 0 unspecified atom stereocenters. The van der Waals surface area contributed by atoms with Crippen LogP contribution in [0.3, 0.4) is 0 Å². The predicted molar refractivity (Wildman–Crippen MR) is 98.2 cm³/mol. The number of carbonyl (C=O) groups is 1. The van der Waals surface area contributed by atoms with Crippen molar-refractivity contribution in [3.8, 4) is 33.3 Å². The molecular weight excluding hydrogens is 338 g/mol. The maximum Gasteiger partial charge on any atom is 0.221 e. The molecule has 25 heavy (non-hydrogen) atoms. The number of aromatic nitrogens is 2. The molecule has 7 heteroatoms. The fourth-order valence-electron chi connectivity index (χ4n) is 2.36. The van der Waals surface area contributed by atoms with Gasteiger partial charge in [-0.25, -0.2) is 4.98 Å². The van der Waals surface area contributed by atoms with Crippen molar-refractivity contribution in [3.05, 3.63) is 42.0 Å². The van der Waals surface area contributed by atoms with Crippen molar-refractivity contribution in [1.82, 2.24) is 9.97 Å². The lowest BCUT2D eigenvalue weighted by Crippen LogP contribution is -2.04. The number of benzene rings is 1. The molecule has 0 spiro atoms. The number of nitrogens with zero attached hydrogens (tertiary/aromatic N) is 2. The normalized spacial score (nSPS) is 10.4. The average molecular weight is 355 g/mol. The van der Waals surface area contributed by atoms with Crippen LogP contribution in [0.4, 0.5) is 5.69 Å². The second kappa shape index (κ2) is 7.31. The highest BCUT2D eigenvalue weighted by molar-refractivity contribution is 7.14. The highest BCUT2D eigenvalue weighted by atomic mass is 32.1. The van der Waals surface area contributed by atoms with Gasteiger partial charge in [0.05, 0.1) is 48.6 Å². The molecule has 3 aromatic rings. The minimum Gasteiger partial charge on any atom is -0.493 e. The van der Waals surface area contributed by atoms with E-state index in [9.17, 15) is 4.79 Å². The Morgan fingerprint density at radius 1 is 1.08 bits per heavy atom. The van der Waals surface area contributed by atoms with Crippen LogP contribution in [-0.4, -0.2) is 30.1 Å². The molecule has 0 radical (unpaired) electrons. The number of ether oxygens (including phenoxy) is 2. The summed E-state index contributed by atoms with van der Waals surface area (Å²) in [6.45, 7) is 1.48. The van der Waals surface area contributed by atoms with Gasteiger partial charge in [-0.1, -0.05) is 0 Å². The van der Waals surface area contributed by atoms with E-state index < -0.39 is 0 Å². The summed E-state index contributed by atoms with van der Waals surface area (Å²) in [6.07, 6.45) is 3.40. The summed E-state index contributed by atoms with van der Waals surface area (Å²) >= 11 is 1.50. The van der Waals surface area contributed by atoms with E-state index in [0.717, 1.165) is 27.5 Å². The van der Waals surface area contributed by atoms with Crippen molar-refractivity contribution in [2.24, 2.45) is 0 Å². The smallest absolute Gasteiger partial charge is 0.221 e. The summed E-state index contributed by atoms with van der Waals surface area (Å²) in [5.74, 6) is 1.19. The zero-order chi connectivity index (χ0) is 17.8. The molecule has 1 aromatic carbocycles. The molecule has 128 valence electrons. The number of nitrogens with one attached hydrogen (secondary N) is 1. The van der Waals surface area contributed by atoms with Crippen molar-refractivity contribution in [2.75, 3.05) is 19.5 Å². The molecule has 0 saturated heterocycles. The fraction of sp³-hybridized carbons (Fsp3) is 0.167. The van der Waals surface area contributed by atoms with Gasteiger partial charge in [-0.15, -0.1) is 11.3 Å². The second-order valence-corrected chi connectivity index (χ2v) is 6.15. The Hall–Kier alpha value is -2.93. The zero-order valence-electron chi connectivity index (χ0n) is 14.1. The third kappa shape index (κ3) is 3.77. The van der Waals surface area contributed by atoms with Crippen molar-refractivity contribution < 1.29 is 14.3 Å². The van der Waals surface area contributed by atoms with Gasteiger partial charge in [0.25, 0.3) is 0 Å². The quantitative estimate of drug-likeness (QED) is 0.752. The molecule has 3 rings (SSSR count). The van der Waals surface area contributed by atoms with Crippen LogP contribution < -0.4 is 14.8 Å². The molecule has 0 aliphatic rings. The van der Waals surface area contributed by atoms with Gasteiger partial charge in [-0.05, 0) is 24.3 Å². The Bertz CT molecular complexity index is 908. The highest BCUT2D eigenvalue weighted by Crippen LogP contribution is 2.33. The molecule has 0 saturated carbocycles. The molecule has 1 N–H and O–H groups in total. The summed E-state index contributed by atoms with van der Waals surface area (Å²) in [5, 5.41) is 4.64. The molecule has 2 aromatic heterocycles. The van der Waals surface area contributed by atoms with E-state index >= 15 is 0 Å². The number of hydrogen-bond acceptors (Lipinski definition) is 6. The molecule has 0 bridgehead atoms. The second-order valence-electron chi connectivity index (χ2n) is 5.24. The van der Waals surface area contributed by atoms with Crippen molar-refractivity contribution in [1.29, 1.82) is 0 Å². The van der Waals surface area contributed by atoms with Crippen LogP contribution in [0.2, 0.25) is 0 Å². The number of rotatable bonds is 5. The summed E-state index contributed by atoms with van der Waals surface area (Å²) in [4.78, 5) is 21.0. The van der Waals surface area contributed by atoms with Crippen LogP contribution in [0.5, 0.6) is 11.5 Å². The zero-order valence-corrected chi connectivity index (χ0v) is 14.9. The highest BCUT2D eigenvalue weighted by Gasteiger charge is 2.10. The first-order chi connectivity index (χ1) is 12.1. The molecule has 1 amide bonds. The third-order valence-electron chi connectivity index (χ3n) is 3.49. The number of hydrogen-bond donors (Lipinski definition) is 1. The van der Waals surface area contributed by atoms with E-state index in [4.69, 9.17) is 9.47 Å². The van der Waals surface area contributed by atoms with E-state index in [1.807, 2.05) is 29.6 Å². The number of amides is 1. The predicted octanol–water partition coefficient (Wildman–Crippen LogP) is 3.85. The van der Waals surface area contributed by atoms with E-state index in [1.165, 1.54) is 18.3 Å². The van der Waals surface area contributed by atoms with Gasteiger partial charge < -0.3 is 14.8 Å². The molecule has 2 heterocycles. The van der Waals surface area contributed by atoms with Gasteiger partial charge in [0, 0.05) is 17.9 Å². The first-order valence-corrected chi connectivity index (χ1v) is 8.39. The van der Waals surface area contributed by atoms with Crippen molar-refractivity contribution in [3.63, 3.8) is 0 Å². The van der Waals surface area contributed by atoms with Gasteiger partial charge in [0.15, 0.2) is 11.5 Å². The van der Waals surface area contributed by atoms with Crippen LogP contribution in [0.15, 0.2) is 42.0 Å². The Morgan fingerprint density at radius 3 is 2.56 bits per heavy atom. The summed E-state index contributed by atoms with van der Waals surface area (Å²) in [7, 11) is 3.19. The lowest BCUT2D eigenvalue weighted by molar-refractivity contribution is -0.114. The molecular formula is C18H17N3O3S. The Labute approximate surface area is 149 Å². The van der Waals surface area contributed by atoms with Gasteiger partial charge in [-0.3, -0.25) is 9.78 Å². The summed E-state index contributed by atoms with van der Waals surface area (Å²) < 4.78 is 10.6. The Morgan fingerprint density at radius 2 is 1.84 bits per heavy atom. The first-order valence-electron chi connectivity index (χ1n) is 7.51. The van der Waals surface area contributed by atoms with Crippen molar-refractivity contribution >= 4 is 22.9 Å². The third-order valence-corrected chi connectivity index (χ3v) is 4.44. The summed E-state index contributed by atoms with van der Waals surface area (Å²) in [5.41, 5.74) is 3.11. The monoisotopic (exact) mass is 355 g/mol. The molecule has 6 nitrogen and oxygen atoms in total. The van der Waals surface area contributed by atoms with Crippen molar-refractivity contribution in [2.45, 2.75) is 6.92 Å². The fourth-order valence-corrected chi connectivity index (χ4v) is 3.15. The average Bonchev–Trinajstić information content (AvgIpc) is 3.09. The number of carbonyl (C=O) groups excluding carboxylic acids is 1. The van der Waals surface area contributed by atoms with E-state index in [-0.39, 0.29) is 5.91 Å². The Kier molecular flexibility index (Phi) is 4.95. The lowest BCUT2D eigenvalue weighted by atomic mass is 10.1. The first kappa shape index (κ1) is 16.9. The van der Waals surface area contributed by atoms with Gasteiger partial charge in [-0.2, -0.15) is 0 Å². The van der Waals surface area contributed by atoms with E-state index in [0.29, 0.717) is 11.5 Å². The molecule has 0 fully saturated rings.